The second kappa shape index (κ2) is 7.25. The van der Waals surface area contributed by atoms with Crippen molar-refractivity contribution in [2.75, 3.05) is 25.0 Å². The maximum absolute atomic E-state index is 12.7. The Hall–Kier alpha value is -3.09. The lowest BCUT2D eigenvalue weighted by Crippen LogP contribution is -2.38. The number of amides is 2. The molecule has 0 atom stereocenters. The van der Waals surface area contributed by atoms with E-state index < -0.39 is 0 Å². The van der Waals surface area contributed by atoms with Crippen LogP contribution >= 0.6 is 0 Å². The number of benzene rings is 1. The first-order valence-electron chi connectivity index (χ1n) is 11.0. The molecule has 2 N–H and O–H groups in total. The highest BCUT2D eigenvalue weighted by Crippen LogP contribution is 2.38. The summed E-state index contributed by atoms with van der Waals surface area (Å²) in [5.74, 6) is -0.0118. The van der Waals surface area contributed by atoms with E-state index in [1.807, 2.05) is 18.2 Å². The molecule has 7 nitrogen and oxygen atoms in total. The van der Waals surface area contributed by atoms with Crippen LogP contribution in [0.5, 0.6) is 0 Å². The first kappa shape index (κ1) is 19.8. The summed E-state index contributed by atoms with van der Waals surface area (Å²) in [6, 6.07) is 8.09. The molecule has 2 amide bonds. The molecule has 0 spiro atoms. The van der Waals surface area contributed by atoms with Crippen LogP contribution in [0.15, 0.2) is 24.3 Å². The van der Waals surface area contributed by atoms with Crippen molar-refractivity contribution in [3.63, 3.8) is 0 Å². The van der Waals surface area contributed by atoms with E-state index in [1.54, 1.807) is 16.8 Å². The average Bonchev–Trinajstić information content (AvgIpc) is 3.44. The Morgan fingerprint density at radius 3 is 2.87 bits per heavy atom. The molecule has 0 unspecified atom stereocenters. The quantitative estimate of drug-likeness (QED) is 0.677. The molecule has 3 aromatic rings. The number of nitrogens with zero attached hydrogens (tertiary/aromatic N) is 3. The van der Waals surface area contributed by atoms with Crippen molar-refractivity contribution >= 4 is 28.4 Å². The second-order valence-electron chi connectivity index (χ2n) is 9.70. The highest BCUT2D eigenvalue weighted by atomic mass is 16.2. The average molecular weight is 420 g/mol. The molecule has 1 fully saturated rings. The van der Waals surface area contributed by atoms with Gasteiger partial charge in [-0.25, -0.2) is 0 Å². The lowest BCUT2D eigenvalue weighted by atomic mass is 9.76. The van der Waals surface area contributed by atoms with Crippen LogP contribution in [0.2, 0.25) is 0 Å². The van der Waals surface area contributed by atoms with Gasteiger partial charge in [0.15, 0.2) is 0 Å². The molecule has 7 heteroatoms. The van der Waals surface area contributed by atoms with Gasteiger partial charge in [-0.15, -0.1) is 0 Å². The Labute approximate surface area is 181 Å². The summed E-state index contributed by atoms with van der Waals surface area (Å²) >= 11 is 0. The van der Waals surface area contributed by atoms with Crippen LogP contribution in [0, 0.1) is 5.41 Å². The zero-order valence-corrected chi connectivity index (χ0v) is 18.4. The zero-order chi connectivity index (χ0) is 21.8. The highest BCUT2D eigenvalue weighted by Gasteiger charge is 2.29. The summed E-state index contributed by atoms with van der Waals surface area (Å²) < 4.78 is 0. The lowest BCUT2D eigenvalue weighted by Gasteiger charge is -2.28. The van der Waals surface area contributed by atoms with E-state index in [0.717, 1.165) is 53.7 Å². The SMILES string of the molecule is CN(C(=O)CN1CCCC1=O)c1ccc2cc(-c3n[nH]c4c3CCC(C)(C)C4)[nH]c2c1. The largest absolute Gasteiger partial charge is 0.353 e. The van der Waals surface area contributed by atoms with Crippen LogP contribution in [0.25, 0.3) is 22.3 Å². The number of hydrogen-bond acceptors (Lipinski definition) is 3. The number of aromatic amines is 2. The standard InChI is InChI=1S/C24H29N5O2/c1-24(2)9-8-17-20(13-24)26-27-23(17)19-11-15-6-7-16(12-18(15)25-19)28(3)22(31)14-29-10-4-5-21(29)30/h6-7,11-12,25H,4-5,8-10,13-14H2,1-3H3,(H,26,27). The maximum atomic E-state index is 12.7. The third-order valence-corrected chi connectivity index (χ3v) is 6.78. The van der Waals surface area contributed by atoms with Crippen molar-refractivity contribution in [3.05, 3.63) is 35.5 Å². The minimum atomic E-state index is -0.0784. The van der Waals surface area contributed by atoms with Gasteiger partial charge in [0.05, 0.1) is 5.69 Å². The van der Waals surface area contributed by atoms with Gasteiger partial charge >= 0.3 is 0 Å². The van der Waals surface area contributed by atoms with Gasteiger partial charge in [-0.3, -0.25) is 14.7 Å². The van der Waals surface area contributed by atoms with E-state index in [4.69, 9.17) is 0 Å². The summed E-state index contributed by atoms with van der Waals surface area (Å²) in [6.07, 6.45) is 4.58. The van der Waals surface area contributed by atoms with Gasteiger partial charge in [0.1, 0.15) is 12.2 Å². The van der Waals surface area contributed by atoms with Gasteiger partial charge in [0, 0.05) is 47.9 Å². The van der Waals surface area contributed by atoms with Gasteiger partial charge < -0.3 is 14.8 Å². The van der Waals surface area contributed by atoms with Crippen molar-refractivity contribution in [3.8, 4) is 11.4 Å². The molecular formula is C24H29N5O2. The van der Waals surface area contributed by atoms with Crippen molar-refractivity contribution in [1.82, 2.24) is 20.1 Å². The third-order valence-electron chi connectivity index (χ3n) is 6.78. The van der Waals surface area contributed by atoms with E-state index in [9.17, 15) is 9.59 Å². The number of likely N-dealkylation sites (tertiary alicyclic amines) is 1. The van der Waals surface area contributed by atoms with Crippen molar-refractivity contribution in [1.29, 1.82) is 0 Å². The predicted molar refractivity (Wildman–Crippen MR) is 121 cm³/mol. The van der Waals surface area contributed by atoms with Gasteiger partial charge in [-0.2, -0.15) is 5.10 Å². The Bertz CT molecular complexity index is 1170. The number of fused-ring (bicyclic) bond motifs is 2. The molecule has 1 aromatic carbocycles. The van der Waals surface area contributed by atoms with Crippen LogP contribution in [-0.2, 0) is 22.4 Å². The Morgan fingerprint density at radius 1 is 1.26 bits per heavy atom. The van der Waals surface area contributed by atoms with E-state index in [2.05, 4.69) is 35.1 Å². The number of likely N-dealkylation sites (N-methyl/N-ethyl adjacent to an activating group) is 1. The number of anilines is 1. The van der Waals surface area contributed by atoms with Crippen molar-refractivity contribution in [2.24, 2.45) is 5.41 Å². The summed E-state index contributed by atoms with van der Waals surface area (Å²) in [6.45, 7) is 5.42. The fourth-order valence-electron chi connectivity index (χ4n) is 4.81. The van der Waals surface area contributed by atoms with Crippen molar-refractivity contribution in [2.45, 2.75) is 46.0 Å². The minimum absolute atomic E-state index is 0.0666. The number of hydrogen-bond donors (Lipinski definition) is 2. The van der Waals surface area contributed by atoms with Gasteiger partial charge in [-0.1, -0.05) is 19.9 Å². The first-order valence-corrected chi connectivity index (χ1v) is 11.0. The number of carbonyl (C=O) groups excluding carboxylic acids is 2. The van der Waals surface area contributed by atoms with Crippen LogP contribution in [0.1, 0.15) is 44.4 Å². The van der Waals surface area contributed by atoms with E-state index in [0.29, 0.717) is 18.4 Å². The van der Waals surface area contributed by atoms with Gasteiger partial charge in [-0.05, 0) is 49.3 Å². The molecule has 3 heterocycles. The summed E-state index contributed by atoms with van der Waals surface area (Å²) in [7, 11) is 1.76. The second-order valence-corrected chi connectivity index (χ2v) is 9.70. The minimum Gasteiger partial charge on any atom is -0.353 e. The Balaban J connectivity index is 1.39. The molecular weight excluding hydrogens is 390 g/mol. The van der Waals surface area contributed by atoms with Crippen molar-refractivity contribution < 1.29 is 9.59 Å². The smallest absolute Gasteiger partial charge is 0.246 e. The normalized spacial score (nSPS) is 17.9. The summed E-state index contributed by atoms with van der Waals surface area (Å²) in [5.41, 5.74) is 6.64. The molecule has 0 radical (unpaired) electrons. The monoisotopic (exact) mass is 419 g/mol. The Morgan fingerprint density at radius 2 is 2.10 bits per heavy atom. The van der Waals surface area contributed by atoms with Crippen LogP contribution < -0.4 is 4.90 Å². The number of carbonyl (C=O) groups is 2. The fourth-order valence-corrected chi connectivity index (χ4v) is 4.81. The summed E-state index contributed by atoms with van der Waals surface area (Å²) in [5, 5.41) is 8.96. The molecule has 0 saturated carbocycles. The van der Waals surface area contributed by atoms with Gasteiger partial charge in [0.25, 0.3) is 0 Å². The first-order chi connectivity index (χ1) is 14.8. The highest BCUT2D eigenvalue weighted by molar-refractivity contribution is 5.98. The van der Waals surface area contributed by atoms with Crippen LogP contribution in [-0.4, -0.2) is 52.0 Å². The molecule has 2 aromatic heterocycles. The van der Waals surface area contributed by atoms with Crippen LogP contribution in [0.4, 0.5) is 5.69 Å². The number of H-pyrrole nitrogens is 2. The molecule has 1 saturated heterocycles. The fraction of sp³-hybridized carbons (Fsp3) is 0.458. The molecule has 1 aliphatic heterocycles. The zero-order valence-electron chi connectivity index (χ0n) is 18.4. The number of rotatable bonds is 4. The molecule has 5 rings (SSSR count). The molecule has 0 bridgehead atoms. The number of nitrogens with one attached hydrogen (secondary N) is 2. The Kier molecular flexibility index (Phi) is 4.64. The topological polar surface area (TPSA) is 85.1 Å². The van der Waals surface area contributed by atoms with E-state index >= 15 is 0 Å². The third kappa shape index (κ3) is 3.62. The van der Waals surface area contributed by atoms with Gasteiger partial charge in [0.2, 0.25) is 11.8 Å². The lowest BCUT2D eigenvalue weighted by molar-refractivity contribution is -0.132. The molecule has 2 aliphatic rings. The molecule has 1 aliphatic carbocycles. The van der Waals surface area contributed by atoms with E-state index in [-0.39, 0.29) is 18.4 Å². The van der Waals surface area contributed by atoms with E-state index in [1.165, 1.54) is 11.3 Å². The maximum Gasteiger partial charge on any atom is 0.246 e. The summed E-state index contributed by atoms with van der Waals surface area (Å²) in [4.78, 5) is 31.3. The number of aromatic nitrogens is 3. The predicted octanol–water partition coefficient (Wildman–Crippen LogP) is 3.66. The molecule has 31 heavy (non-hydrogen) atoms. The molecule has 162 valence electrons. The van der Waals surface area contributed by atoms with Crippen LogP contribution in [0.3, 0.4) is 0 Å².